The average molecular weight is 499 g/mol. The SMILES string of the molecule is COC(=O)Oc1ccc2c(C(=Nc3ccc(C(=O)N4CCNCC4)cc3)c3ccccc3)c(O)[nH]c2c1. The van der Waals surface area contributed by atoms with Crippen molar-refractivity contribution in [2.45, 2.75) is 0 Å². The number of nitrogens with one attached hydrogen (secondary N) is 2. The number of aromatic nitrogens is 1. The standard InChI is InChI=1S/C28H26N4O5/c1-36-28(35)37-21-11-12-22-23(17-21)31-26(33)24(22)25(18-5-3-2-4-6-18)30-20-9-7-19(8-10-20)27(34)32-15-13-29-14-16-32/h2-12,17,29,31,33H,13-16H2,1H3. The number of amides is 1. The Hall–Kier alpha value is -4.63. The van der Waals surface area contributed by atoms with Crippen LogP contribution in [-0.2, 0) is 4.74 Å². The predicted octanol–water partition coefficient (Wildman–Crippen LogP) is 4.23. The number of nitrogens with zero attached hydrogens (tertiary/aromatic N) is 2. The quantitative estimate of drug-likeness (QED) is 0.215. The predicted molar refractivity (Wildman–Crippen MR) is 140 cm³/mol. The zero-order valence-corrected chi connectivity index (χ0v) is 20.2. The molecule has 4 aromatic rings. The highest BCUT2D eigenvalue weighted by atomic mass is 16.7. The van der Waals surface area contributed by atoms with E-state index in [1.54, 1.807) is 42.5 Å². The number of carbonyl (C=O) groups excluding carboxylic acids is 2. The van der Waals surface area contributed by atoms with Crippen LogP contribution in [0.15, 0.2) is 77.8 Å². The Morgan fingerprint density at radius 2 is 1.68 bits per heavy atom. The highest BCUT2D eigenvalue weighted by molar-refractivity contribution is 6.22. The molecule has 1 amide bonds. The molecule has 188 valence electrons. The summed E-state index contributed by atoms with van der Waals surface area (Å²) in [5, 5.41) is 14.8. The van der Waals surface area contributed by atoms with E-state index in [2.05, 4.69) is 15.0 Å². The maximum Gasteiger partial charge on any atom is 0.513 e. The molecule has 9 nitrogen and oxygen atoms in total. The van der Waals surface area contributed by atoms with Gasteiger partial charge in [0, 0.05) is 48.8 Å². The number of benzene rings is 3. The van der Waals surface area contributed by atoms with Gasteiger partial charge in [-0.1, -0.05) is 30.3 Å². The summed E-state index contributed by atoms with van der Waals surface area (Å²) < 4.78 is 9.66. The van der Waals surface area contributed by atoms with Gasteiger partial charge in [-0.05, 0) is 36.4 Å². The zero-order valence-electron chi connectivity index (χ0n) is 20.2. The number of hydrogen-bond acceptors (Lipinski definition) is 7. The third kappa shape index (κ3) is 5.17. The van der Waals surface area contributed by atoms with Crippen molar-refractivity contribution in [2.24, 2.45) is 4.99 Å². The topological polar surface area (TPSA) is 116 Å². The molecule has 5 rings (SSSR count). The van der Waals surface area contributed by atoms with Crippen molar-refractivity contribution < 1.29 is 24.2 Å². The van der Waals surface area contributed by atoms with Gasteiger partial charge in [-0.2, -0.15) is 0 Å². The maximum atomic E-state index is 12.8. The van der Waals surface area contributed by atoms with E-state index in [4.69, 9.17) is 9.73 Å². The summed E-state index contributed by atoms with van der Waals surface area (Å²) in [6.07, 6.45) is -0.833. The van der Waals surface area contributed by atoms with Crippen LogP contribution in [-0.4, -0.2) is 66.1 Å². The molecular formula is C28H26N4O5. The summed E-state index contributed by atoms with van der Waals surface area (Å²) >= 11 is 0. The van der Waals surface area contributed by atoms with Crippen molar-refractivity contribution in [3.63, 3.8) is 0 Å². The number of H-pyrrole nitrogens is 1. The fraction of sp³-hybridized carbons (Fsp3) is 0.179. The number of hydrogen-bond donors (Lipinski definition) is 3. The second-order valence-electron chi connectivity index (χ2n) is 8.53. The number of rotatable bonds is 5. The van der Waals surface area contributed by atoms with Crippen LogP contribution in [0.4, 0.5) is 10.5 Å². The zero-order chi connectivity index (χ0) is 25.8. The first-order chi connectivity index (χ1) is 18.0. The van der Waals surface area contributed by atoms with Crippen molar-refractivity contribution in [3.8, 4) is 11.6 Å². The Bertz CT molecular complexity index is 1460. The molecule has 9 heteroatoms. The normalized spacial score (nSPS) is 14.0. The van der Waals surface area contributed by atoms with Crippen LogP contribution >= 0.6 is 0 Å². The lowest BCUT2D eigenvalue weighted by atomic mass is 10.0. The molecule has 1 aromatic heterocycles. The number of carbonyl (C=O) groups is 2. The maximum absolute atomic E-state index is 12.8. The summed E-state index contributed by atoms with van der Waals surface area (Å²) in [4.78, 5) is 34.0. The molecule has 0 aliphatic carbocycles. The fourth-order valence-electron chi connectivity index (χ4n) is 4.32. The molecule has 0 unspecified atom stereocenters. The number of piperazine rings is 1. The van der Waals surface area contributed by atoms with Gasteiger partial charge in [0.2, 0.25) is 0 Å². The van der Waals surface area contributed by atoms with Crippen molar-refractivity contribution in [1.82, 2.24) is 15.2 Å². The summed E-state index contributed by atoms with van der Waals surface area (Å²) in [5.74, 6) is 0.202. The Morgan fingerprint density at radius 1 is 0.946 bits per heavy atom. The molecule has 3 aromatic carbocycles. The first-order valence-electron chi connectivity index (χ1n) is 11.9. The number of aliphatic imine (C=N–C) groups is 1. The van der Waals surface area contributed by atoms with Crippen molar-refractivity contribution in [1.29, 1.82) is 0 Å². The third-order valence-electron chi connectivity index (χ3n) is 6.16. The number of methoxy groups -OCH3 is 1. The van der Waals surface area contributed by atoms with E-state index in [0.29, 0.717) is 46.5 Å². The largest absolute Gasteiger partial charge is 0.513 e. The van der Waals surface area contributed by atoms with Crippen LogP contribution in [0.5, 0.6) is 11.6 Å². The molecule has 0 radical (unpaired) electrons. The highest BCUT2D eigenvalue weighted by Gasteiger charge is 2.21. The lowest BCUT2D eigenvalue weighted by Gasteiger charge is -2.27. The van der Waals surface area contributed by atoms with Crippen LogP contribution in [0.2, 0.25) is 0 Å². The monoisotopic (exact) mass is 498 g/mol. The second kappa shape index (κ2) is 10.5. The van der Waals surface area contributed by atoms with Gasteiger partial charge in [-0.3, -0.25) is 4.79 Å². The van der Waals surface area contributed by atoms with E-state index >= 15 is 0 Å². The molecule has 1 aliphatic rings. The van der Waals surface area contributed by atoms with Gasteiger partial charge in [-0.25, -0.2) is 9.79 Å². The van der Waals surface area contributed by atoms with Gasteiger partial charge in [0.05, 0.1) is 29.6 Å². The minimum absolute atomic E-state index is 0.000404. The van der Waals surface area contributed by atoms with Gasteiger partial charge in [-0.15, -0.1) is 0 Å². The minimum atomic E-state index is -0.833. The Labute approximate surface area is 213 Å². The molecule has 2 heterocycles. The van der Waals surface area contributed by atoms with E-state index in [1.165, 1.54) is 7.11 Å². The van der Waals surface area contributed by atoms with E-state index < -0.39 is 6.16 Å². The molecule has 37 heavy (non-hydrogen) atoms. The van der Waals surface area contributed by atoms with Crippen LogP contribution in [0, 0.1) is 0 Å². The smallest absolute Gasteiger partial charge is 0.494 e. The summed E-state index contributed by atoms with van der Waals surface area (Å²) in [7, 11) is 1.23. The van der Waals surface area contributed by atoms with E-state index in [-0.39, 0.29) is 17.5 Å². The Kier molecular flexibility index (Phi) is 6.87. The second-order valence-corrected chi connectivity index (χ2v) is 8.53. The van der Waals surface area contributed by atoms with E-state index in [9.17, 15) is 14.7 Å². The molecule has 0 saturated carbocycles. The fourth-order valence-corrected chi connectivity index (χ4v) is 4.32. The number of aromatic hydroxyl groups is 1. The highest BCUT2D eigenvalue weighted by Crippen LogP contribution is 2.33. The van der Waals surface area contributed by atoms with Gasteiger partial charge >= 0.3 is 6.16 Å². The van der Waals surface area contributed by atoms with E-state index in [1.807, 2.05) is 35.2 Å². The number of ether oxygens (including phenoxy) is 2. The van der Waals surface area contributed by atoms with Gasteiger partial charge in [0.1, 0.15) is 5.75 Å². The molecule has 1 aliphatic heterocycles. The van der Waals surface area contributed by atoms with Gasteiger partial charge in [0.25, 0.3) is 5.91 Å². The van der Waals surface area contributed by atoms with Crippen molar-refractivity contribution >= 4 is 34.4 Å². The van der Waals surface area contributed by atoms with Crippen LogP contribution < -0.4 is 10.1 Å². The molecule has 3 N–H and O–H groups in total. The minimum Gasteiger partial charge on any atom is -0.494 e. The Balaban J connectivity index is 1.53. The first kappa shape index (κ1) is 24.1. The van der Waals surface area contributed by atoms with Crippen molar-refractivity contribution in [3.05, 3.63) is 89.5 Å². The molecule has 0 bridgehead atoms. The lowest BCUT2D eigenvalue weighted by Crippen LogP contribution is -2.46. The molecule has 0 atom stereocenters. The average Bonchev–Trinajstić information content (AvgIpc) is 3.27. The van der Waals surface area contributed by atoms with Gasteiger partial charge in [0.15, 0.2) is 5.88 Å². The van der Waals surface area contributed by atoms with E-state index in [0.717, 1.165) is 18.7 Å². The molecular weight excluding hydrogens is 472 g/mol. The van der Waals surface area contributed by atoms with Crippen LogP contribution in [0.25, 0.3) is 10.9 Å². The summed E-state index contributed by atoms with van der Waals surface area (Å²) in [6.45, 7) is 2.95. The molecule has 0 spiro atoms. The lowest BCUT2D eigenvalue weighted by molar-refractivity contribution is 0.0735. The summed E-state index contributed by atoms with van der Waals surface area (Å²) in [6, 6.07) is 21.6. The first-order valence-corrected chi connectivity index (χ1v) is 11.9. The summed E-state index contributed by atoms with van der Waals surface area (Å²) in [5.41, 5.74) is 3.66. The van der Waals surface area contributed by atoms with Gasteiger partial charge < -0.3 is 29.8 Å². The van der Waals surface area contributed by atoms with Crippen molar-refractivity contribution in [2.75, 3.05) is 33.3 Å². The Morgan fingerprint density at radius 3 is 2.38 bits per heavy atom. The molecule has 1 fully saturated rings. The van der Waals surface area contributed by atoms with Crippen LogP contribution in [0.3, 0.4) is 0 Å². The third-order valence-corrected chi connectivity index (χ3v) is 6.16. The van der Waals surface area contributed by atoms with Crippen LogP contribution in [0.1, 0.15) is 21.5 Å². The number of aromatic amines is 1. The molecule has 1 saturated heterocycles. The number of fused-ring (bicyclic) bond motifs is 1.